The first-order chi connectivity index (χ1) is 13.9. The third-order valence-corrected chi connectivity index (χ3v) is 6.08. The number of nitrogens with zero attached hydrogens (tertiary/aromatic N) is 4. The Morgan fingerprint density at radius 2 is 1.90 bits per heavy atom. The van der Waals surface area contributed by atoms with Gasteiger partial charge in [0.2, 0.25) is 0 Å². The van der Waals surface area contributed by atoms with Crippen LogP contribution in [0.25, 0.3) is 16.6 Å². The molecule has 2 saturated heterocycles. The zero-order chi connectivity index (χ0) is 20.1. The molecule has 0 aromatic carbocycles. The minimum Gasteiger partial charge on any atom is -0.380 e. The second-order valence-corrected chi connectivity index (χ2v) is 8.12. The molecule has 0 bridgehead atoms. The largest absolute Gasteiger partial charge is 0.433 e. The Balaban J connectivity index is 1.35. The van der Waals surface area contributed by atoms with Gasteiger partial charge in [0.15, 0.2) is 0 Å². The Morgan fingerprint density at radius 3 is 2.59 bits per heavy atom. The molecule has 0 amide bonds. The van der Waals surface area contributed by atoms with Crippen LogP contribution in [-0.4, -0.2) is 45.8 Å². The molecule has 29 heavy (non-hydrogen) atoms. The molecule has 0 aliphatic carbocycles. The zero-order valence-corrected chi connectivity index (χ0v) is 15.8. The topological polar surface area (TPSA) is 42.7 Å². The fourth-order valence-corrected chi connectivity index (χ4v) is 4.22. The molecule has 0 unspecified atom stereocenters. The molecule has 8 heteroatoms. The Kier molecular flexibility index (Phi) is 4.36. The summed E-state index contributed by atoms with van der Waals surface area (Å²) in [5.41, 5.74) is 2.55. The summed E-state index contributed by atoms with van der Waals surface area (Å²) in [7, 11) is 0. The van der Waals surface area contributed by atoms with Crippen molar-refractivity contribution >= 4 is 5.52 Å². The van der Waals surface area contributed by atoms with Gasteiger partial charge in [0.05, 0.1) is 24.9 Å². The lowest BCUT2D eigenvalue weighted by molar-refractivity contribution is -0.141. The van der Waals surface area contributed by atoms with Crippen molar-refractivity contribution in [3.05, 3.63) is 54.1 Å². The van der Waals surface area contributed by atoms with Gasteiger partial charge in [-0.25, -0.2) is 4.52 Å². The second kappa shape index (κ2) is 6.81. The van der Waals surface area contributed by atoms with Crippen LogP contribution >= 0.6 is 0 Å². The van der Waals surface area contributed by atoms with Crippen molar-refractivity contribution < 1.29 is 17.9 Å². The van der Waals surface area contributed by atoms with E-state index in [4.69, 9.17) is 4.74 Å². The average molecular weight is 402 g/mol. The maximum atomic E-state index is 13.0. The monoisotopic (exact) mass is 402 g/mol. The quantitative estimate of drug-likeness (QED) is 0.664. The van der Waals surface area contributed by atoms with Gasteiger partial charge in [-0.2, -0.15) is 18.3 Å². The third kappa shape index (κ3) is 3.51. The molecule has 2 aliphatic heterocycles. The smallest absolute Gasteiger partial charge is 0.380 e. The van der Waals surface area contributed by atoms with E-state index < -0.39 is 11.9 Å². The summed E-state index contributed by atoms with van der Waals surface area (Å²) >= 11 is 0. The summed E-state index contributed by atoms with van der Waals surface area (Å²) < 4.78 is 46.1. The molecule has 5 rings (SSSR count). The summed E-state index contributed by atoms with van der Waals surface area (Å²) in [4.78, 5) is 5.87. The molecule has 152 valence electrons. The molecule has 5 nitrogen and oxygen atoms in total. The summed E-state index contributed by atoms with van der Waals surface area (Å²) in [6.07, 6.45) is 2.63. The predicted molar refractivity (Wildman–Crippen MR) is 101 cm³/mol. The van der Waals surface area contributed by atoms with Gasteiger partial charge in [0, 0.05) is 29.9 Å². The number of ether oxygens (including phenoxy) is 1. The molecule has 0 N–H and O–H groups in total. The number of pyridine rings is 2. The molecule has 2 aliphatic rings. The highest BCUT2D eigenvalue weighted by Crippen LogP contribution is 2.38. The first-order valence-electron chi connectivity index (χ1n) is 9.72. The molecule has 3 aromatic heterocycles. The van der Waals surface area contributed by atoms with E-state index in [9.17, 15) is 13.2 Å². The summed E-state index contributed by atoms with van der Waals surface area (Å²) in [5, 5.41) is 4.37. The average Bonchev–Trinajstić information content (AvgIpc) is 3.10. The lowest BCUT2D eigenvalue weighted by Gasteiger charge is -2.47. The summed E-state index contributed by atoms with van der Waals surface area (Å²) in [6, 6.07) is 6.60. The molecule has 3 aromatic rings. The van der Waals surface area contributed by atoms with E-state index in [-0.39, 0.29) is 0 Å². The number of halogens is 3. The van der Waals surface area contributed by atoms with Gasteiger partial charge in [-0.1, -0.05) is 6.07 Å². The van der Waals surface area contributed by atoms with E-state index in [1.54, 1.807) is 16.8 Å². The van der Waals surface area contributed by atoms with Gasteiger partial charge >= 0.3 is 6.18 Å². The van der Waals surface area contributed by atoms with Crippen LogP contribution < -0.4 is 0 Å². The Bertz CT molecular complexity index is 1030. The Morgan fingerprint density at radius 1 is 1.10 bits per heavy atom. The van der Waals surface area contributed by atoms with E-state index >= 15 is 0 Å². The highest BCUT2D eigenvalue weighted by molar-refractivity contribution is 5.79. The minimum atomic E-state index is -4.47. The zero-order valence-electron chi connectivity index (χ0n) is 15.8. The van der Waals surface area contributed by atoms with E-state index in [0.717, 1.165) is 50.0 Å². The predicted octanol–water partition coefficient (Wildman–Crippen LogP) is 4.03. The van der Waals surface area contributed by atoms with E-state index in [1.165, 1.54) is 19.0 Å². The first-order valence-corrected chi connectivity index (χ1v) is 9.72. The van der Waals surface area contributed by atoms with E-state index in [1.807, 2.05) is 18.3 Å². The molecular weight excluding hydrogens is 381 g/mol. The Labute approximate surface area is 166 Å². The lowest BCUT2D eigenvalue weighted by Crippen LogP contribution is -2.50. The van der Waals surface area contributed by atoms with Crippen molar-refractivity contribution in [1.29, 1.82) is 0 Å². The van der Waals surface area contributed by atoms with Crippen molar-refractivity contribution in [2.24, 2.45) is 5.41 Å². The number of hydrogen-bond donors (Lipinski definition) is 0. The number of alkyl halides is 3. The lowest BCUT2D eigenvalue weighted by atomic mass is 9.77. The normalized spacial score (nSPS) is 19.6. The van der Waals surface area contributed by atoms with Gasteiger partial charge in [-0.15, -0.1) is 0 Å². The minimum absolute atomic E-state index is 0.414. The summed E-state index contributed by atoms with van der Waals surface area (Å²) in [5.74, 6) is 0. The van der Waals surface area contributed by atoms with Crippen LogP contribution in [-0.2, 0) is 17.5 Å². The van der Waals surface area contributed by atoms with Gasteiger partial charge in [-0.05, 0) is 55.3 Å². The Hall–Kier alpha value is -2.45. The number of rotatable bonds is 3. The van der Waals surface area contributed by atoms with Crippen LogP contribution in [0, 0.1) is 5.41 Å². The highest BCUT2D eigenvalue weighted by Gasteiger charge is 2.41. The van der Waals surface area contributed by atoms with E-state index in [0.29, 0.717) is 16.5 Å². The van der Waals surface area contributed by atoms with Crippen molar-refractivity contribution in [1.82, 2.24) is 19.5 Å². The number of likely N-dealkylation sites (tertiary alicyclic amines) is 1. The van der Waals surface area contributed by atoms with Gasteiger partial charge in [0.1, 0.15) is 5.69 Å². The third-order valence-electron chi connectivity index (χ3n) is 6.08. The van der Waals surface area contributed by atoms with Crippen LogP contribution in [0.15, 0.2) is 42.9 Å². The van der Waals surface area contributed by atoms with E-state index in [2.05, 4.69) is 15.0 Å². The standard InChI is InChI=1S/C21H21F3N4O/c22-21(23,24)19-9-16(3-6-25-19)17-10-26-28-12-15(1-2-18(17)28)11-27-7-4-20(5-8-27)13-29-14-20/h1-3,6,9-10,12H,4-5,7-8,11,13-14H2. The molecular formula is C21H21F3N4O. The van der Waals surface area contributed by atoms with Gasteiger partial charge in [0.25, 0.3) is 0 Å². The summed E-state index contributed by atoms with van der Waals surface area (Å²) in [6.45, 7) is 4.75. The number of fused-ring (bicyclic) bond motifs is 1. The molecule has 0 saturated carbocycles. The van der Waals surface area contributed by atoms with Crippen LogP contribution in [0.1, 0.15) is 24.1 Å². The van der Waals surface area contributed by atoms with Gasteiger partial charge < -0.3 is 4.74 Å². The maximum absolute atomic E-state index is 13.0. The molecule has 0 radical (unpaired) electrons. The fourth-order valence-electron chi connectivity index (χ4n) is 4.22. The molecule has 1 spiro atoms. The SMILES string of the molecule is FC(F)(F)c1cc(-c2cnn3cc(CN4CCC5(CC4)COC5)ccc23)ccn1. The first kappa shape index (κ1) is 18.6. The van der Waals surface area contributed by atoms with Crippen LogP contribution in [0.2, 0.25) is 0 Å². The van der Waals surface area contributed by atoms with Crippen molar-refractivity contribution in [2.75, 3.05) is 26.3 Å². The van der Waals surface area contributed by atoms with Crippen LogP contribution in [0.5, 0.6) is 0 Å². The number of hydrogen-bond acceptors (Lipinski definition) is 4. The van der Waals surface area contributed by atoms with Crippen molar-refractivity contribution in [3.8, 4) is 11.1 Å². The second-order valence-electron chi connectivity index (χ2n) is 8.12. The fraction of sp³-hybridized carbons (Fsp3) is 0.429. The van der Waals surface area contributed by atoms with Crippen molar-refractivity contribution in [2.45, 2.75) is 25.6 Å². The van der Waals surface area contributed by atoms with Gasteiger partial charge in [-0.3, -0.25) is 9.88 Å². The van der Waals surface area contributed by atoms with Crippen LogP contribution in [0.3, 0.4) is 0 Å². The van der Waals surface area contributed by atoms with Crippen LogP contribution in [0.4, 0.5) is 13.2 Å². The molecule has 0 atom stereocenters. The highest BCUT2D eigenvalue weighted by atomic mass is 19.4. The molecule has 5 heterocycles. The molecule has 2 fully saturated rings. The number of aromatic nitrogens is 3. The number of piperidine rings is 1. The van der Waals surface area contributed by atoms with Crippen molar-refractivity contribution in [3.63, 3.8) is 0 Å². The maximum Gasteiger partial charge on any atom is 0.433 e.